The topological polar surface area (TPSA) is 51.8 Å². The first-order valence-corrected chi connectivity index (χ1v) is 7.52. The predicted octanol–water partition coefficient (Wildman–Crippen LogP) is 4.07. The van der Waals surface area contributed by atoms with Crippen LogP contribution in [0.1, 0.15) is 51.7 Å². The molecule has 0 bridgehead atoms. The fourth-order valence-corrected chi connectivity index (χ4v) is 3.24. The summed E-state index contributed by atoms with van der Waals surface area (Å²) >= 11 is 0. The van der Waals surface area contributed by atoms with Gasteiger partial charge >= 0.3 is 0 Å². The van der Waals surface area contributed by atoms with Gasteiger partial charge in [-0.2, -0.15) is 0 Å². The molecule has 2 N–H and O–H groups in total. The molecule has 0 saturated carbocycles. The number of nitrogens with two attached hydrogens (primary N) is 1. The first-order chi connectivity index (χ1) is 9.79. The maximum Gasteiger partial charge on any atom is 0.141 e. The van der Waals surface area contributed by atoms with Crippen LogP contribution in [-0.4, -0.2) is 9.97 Å². The summed E-state index contributed by atoms with van der Waals surface area (Å²) in [4.78, 5) is 8.54. The van der Waals surface area contributed by atoms with E-state index in [0.29, 0.717) is 5.82 Å². The molecule has 1 aromatic carbocycles. The summed E-state index contributed by atoms with van der Waals surface area (Å²) in [6.07, 6.45) is 5.81. The SMILES string of the molecule is CC1(C)CCC(C)(C)c2cc(-c3cnc(N)cn3)ccc21. The zero-order valence-electron chi connectivity index (χ0n) is 13.3. The van der Waals surface area contributed by atoms with Gasteiger partial charge in [0.05, 0.1) is 18.1 Å². The van der Waals surface area contributed by atoms with Gasteiger partial charge < -0.3 is 5.73 Å². The van der Waals surface area contributed by atoms with E-state index in [1.54, 1.807) is 12.4 Å². The van der Waals surface area contributed by atoms with Gasteiger partial charge in [-0.25, -0.2) is 4.98 Å². The van der Waals surface area contributed by atoms with Crippen LogP contribution in [0.15, 0.2) is 30.6 Å². The van der Waals surface area contributed by atoms with Crippen LogP contribution in [-0.2, 0) is 10.8 Å². The molecular formula is C18H23N3. The molecule has 3 nitrogen and oxygen atoms in total. The lowest BCUT2D eigenvalue weighted by Crippen LogP contribution is -2.33. The number of nitrogens with zero attached hydrogens (tertiary/aromatic N) is 2. The summed E-state index contributed by atoms with van der Waals surface area (Å²) in [7, 11) is 0. The Morgan fingerprint density at radius 1 is 0.905 bits per heavy atom. The quantitative estimate of drug-likeness (QED) is 0.857. The number of rotatable bonds is 1. The summed E-state index contributed by atoms with van der Waals surface area (Å²) in [6.45, 7) is 9.34. The van der Waals surface area contributed by atoms with Crippen LogP contribution < -0.4 is 5.73 Å². The molecule has 1 aliphatic rings. The number of hydrogen-bond donors (Lipinski definition) is 1. The predicted molar refractivity (Wildman–Crippen MR) is 87.2 cm³/mol. The molecule has 0 spiro atoms. The van der Waals surface area contributed by atoms with E-state index in [0.717, 1.165) is 11.3 Å². The monoisotopic (exact) mass is 281 g/mol. The molecule has 0 amide bonds. The molecule has 3 rings (SSSR count). The minimum Gasteiger partial charge on any atom is -0.382 e. The van der Waals surface area contributed by atoms with Crippen LogP contribution in [0.2, 0.25) is 0 Å². The van der Waals surface area contributed by atoms with Crippen molar-refractivity contribution in [1.29, 1.82) is 0 Å². The van der Waals surface area contributed by atoms with Crippen LogP contribution in [0.25, 0.3) is 11.3 Å². The average Bonchev–Trinajstić information content (AvgIpc) is 2.45. The zero-order valence-corrected chi connectivity index (χ0v) is 13.3. The molecule has 1 aliphatic carbocycles. The van der Waals surface area contributed by atoms with Crippen LogP contribution in [0.4, 0.5) is 5.82 Å². The highest BCUT2D eigenvalue weighted by Gasteiger charge is 2.36. The van der Waals surface area contributed by atoms with Gasteiger partial charge in [-0.1, -0.05) is 39.8 Å². The molecular weight excluding hydrogens is 258 g/mol. The van der Waals surface area contributed by atoms with E-state index in [9.17, 15) is 0 Å². The van der Waals surface area contributed by atoms with Gasteiger partial charge in [0.25, 0.3) is 0 Å². The molecule has 3 heteroatoms. The average molecular weight is 281 g/mol. The molecule has 1 heterocycles. The number of benzene rings is 1. The third-order valence-corrected chi connectivity index (χ3v) is 4.82. The number of nitrogen functional groups attached to an aromatic ring is 1. The zero-order chi connectivity index (χ0) is 15.3. The molecule has 0 atom stereocenters. The van der Waals surface area contributed by atoms with E-state index in [4.69, 9.17) is 5.73 Å². The van der Waals surface area contributed by atoms with Gasteiger partial charge in [-0.3, -0.25) is 4.98 Å². The Hall–Kier alpha value is -1.90. The van der Waals surface area contributed by atoms with Crippen molar-refractivity contribution in [2.24, 2.45) is 0 Å². The van der Waals surface area contributed by atoms with Crippen LogP contribution >= 0.6 is 0 Å². The maximum absolute atomic E-state index is 5.62. The lowest BCUT2D eigenvalue weighted by Gasteiger charge is -2.42. The van der Waals surface area contributed by atoms with Crippen LogP contribution in [0.5, 0.6) is 0 Å². The van der Waals surface area contributed by atoms with Gasteiger partial charge in [0, 0.05) is 5.56 Å². The van der Waals surface area contributed by atoms with E-state index in [1.165, 1.54) is 24.0 Å². The third-order valence-electron chi connectivity index (χ3n) is 4.82. The molecule has 0 aliphatic heterocycles. The standard InChI is InChI=1S/C18H23N3/c1-17(2)7-8-18(3,4)14-9-12(5-6-13(14)17)15-10-21-16(19)11-20-15/h5-6,9-11H,7-8H2,1-4H3,(H2,19,21). The van der Waals surface area contributed by atoms with Crippen molar-refractivity contribution in [1.82, 2.24) is 9.97 Å². The fraction of sp³-hybridized carbons (Fsp3) is 0.444. The Kier molecular flexibility index (Phi) is 3.05. The van der Waals surface area contributed by atoms with Gasteiger partial charge in [0.15, 0.2) is 0 Å². The number of fused-ring (bicyclic) bond motifs is 1. The van der Waals surface area contributed by atoms with Crippen LogP contribution in [0.3, 0.4) is 0 Å². The molecule has 2 aromatic rings. The molecule has 1 aromatic heterocycles. The minimum absolute atomic E-state index is 0.210. The first-order valence-electron chi connectivity index (χ1n) is 7.52. The second kappa shape index (κ2) is 4.55. The summed E-state index contributed by atoms with van der Waals surface area (Å²) in [5.74, 6) is 0.457. The maximum atomic E-state index is 5.62. The third kappa shape index (κ3) is 2.41. The number of hydrogen-bond acceptors (Lipinski definition) is 3. The second-order valence-corrected chi connectivity index (χ2v) is 7.35. The van der Waals surface area contributed by atoms with Crippen molar-refractivity contribution < 1.29 is 0 Å². The fourth-order valence-electron chi connectivity index (χ4n) is 3.24. The molecule has 21 heavy (non-hydrogen) atoms. The smallest absolute Gasteiger partial charge is 0.141 e. The molecule has 0 unspecified atom stereocenters. The molecule has 110 valence electrons. The summed E-state index contributed by atoms with van der Waals surface area (Å²) < 4.78 is 0. The van der Waals surface area contributed by atoms with Crippen molar-refractivity contribution in [3.63, 3.8) is 0 Å². The molecule has 0 fully saturated rings. The highest BCUT2D eigenvalue weighted by atomic mass is 14.9. The summed E-state index contributed by atoms with van der Waals surface area (Å²) in [6, 6.07) is 6.71. The lowest BCUT2D eigenvalue weighted by atomic mass is 9.63. The lowest BCUT2D eigenvalue weighted by molar-refractivity contribution is 0.332. The normalized spacial score (nSPS) is 19.0. The highest BCUT2D eigenvalue weighted by Crippen LogP contribution is 2.46. The summed E-state index contributed by atoms with van der Waals surface area (Å²) in [5, 5.41) is 0. The highest BCUT2D eigenvalue weighted by molar-refractivity contribution is 5.62. The van der Waals surface area contributed by atoms with Gasteiger partial charge in [0.1, 0.15) is 5.82 Å². The van der Waals surface area contributed by atoms with Crippen molar-refractivity contribution in [3.8, 4) is 11.3 Å². The second-order valence-electron chi connectivity index (χ2n) is 7.35. The Morgan fingerprint density at radius 3 is 2.19 bits per heavy atom. The van der Waals surface area contributed by atoms with Gasteiger partial charge in [-0.15, -0.1) is 0 Å². The van der Waals surface area contributed by atoms with Crippen molar-refractivity contribution in [2.45, 2.75) is 51.4 Å². The van der Waals surface area contributed by atoms with E-state index in [-0.39, 0.29) is 10.8 Å². The van der Waals surface area contributed by atoms with Crippen molar-refractivity contribution in [2.75, 3.05) is 5.73 Å². The van der Waals surface area contributed by atoms with Crippen molar-refractivity contribution >= 4 is 5.82 Å². The minimum atomic E-state index is 0.210. The van der Waals surface area contributed by atoms with Crippen LogP contribution in [0, 0.1) is 0 Å². The Labute approximate surface area is 126 Å². The van der Waals surface area contributed by atoms with E-state index in [2.05, 4.69) is 55.9 Å². The molecule has 0 saturated heterocycles. The number of anilines is 1. The molecule has 0 radical (unpaired) electrons. The Balaban J connectivity index is 2.14. The van der Waals surface area contributed by atoms with Gasteiger partial charge in [0.2, 0.25) is 0 Å². The largest absolute Gasteiger partial charge is 0.382 e. The van der Waals surface area contributed by atoms with E-state index >= 15 is 0 Å². The summed E-state index contributed by atoms with van der Waals surface area (Å²) in [5.41, 5.74) is 11.0. The Bertz CT molecular complexity index is 669. The Morgan fingerprint density at radius 2 is 1.57 bits per heavy atom. The van der Waals surface area contributed by atoms with E-state index < -0.39 is 0 Å². The first kappa shape index (κ1) is 14.1. The van der Waals surface area contributed by atoms with Gasteiger partial charge in [-0.05, 0) is 40.9 Å². The number of aromatic nitrogens is 2. The van der Waals surface area contributed by atoms with Crippen molar-refractivity contribution in [3.05, 3.63) is 41.7 Å². The van der Waals surface area contributed by atoms with E-state index in [1.807, 2.05) is 0 Å².